The summed E-state index contributed by atoms with van der Waals surface area (Å²) in [5.74, 6) is -0.312. The molecule has 1 saturated carbocycles. The first-order valence-electron chi connectivity index (χ1n) is 5.79. The number of ether oxygens (including phenoxy) is 2. The number of hydrogen-bond donors (Lipinski definition) is 0. The van der Waals surface area contributed by atoms with Crippen molar-refractivity contribution in [1.82, 2.24) is 0 Å². The highest BCUT2D eigenvalue weighted by Crippen LogP contribution is 2.36. The number of esters is 2. The Morgan fingerprint density at radius 3 is 2.69 bits per heavy atom. The van der Waals surface area contributed by atoms with E-state index in [0.29, 0.717) is 6.42 Å². The van der Waals surface area contributed by atoms with Crippen LogP contribution in [0.3, 0.4) is 0 Å². The van der Waals surface area contributed by atoms with Gasteiger partial charge in [-0.2, -0.15) is 0 Å². The number of rotatable bonds is 1. The molecule has 4 nitrogen and oxygen atoms in total. The maximum Gasteiger partial charge on any atom is 0.311 e. The SMILES string of the molecule is CC(C)(C)C(=O)OC1CCC2CC1OC2=O. The Labute approximate surface area is 95.3 Å². The van der Waals surface area contributed by atoms with Crippen LogP contribution in [0.4, 0.5) is 0 Å². The number of carbonyl (C=O) groups is 2. The molecule has 2 aliphatic rings. The first kappa shape index (κ1) is 11.4. The van der Waals surface area contributed by atoms with Gasteiger partial charge >= 0.3 is 11.9 Å². The summed E-state index contributed by atoms with van der Waals surface area (Å²) in [4.78, 5) is 23.0. The second kappa shape index (κ2) is 3.75. The molecule has 2 bridgehead atoms. The maximum absolute atomic E-state index is 11.7. The van der Waals surface area contributed by atoms with Gasteiger partial charge in [-0.05, 0) is 33.6 Å². The van der Waals surface area contributed by atoms with Crippen LogP contribution in [-0.2, 0) is 19.1 Å². The van der Waals surface area contributed by atoms with Crippen molar-refractivity contribution >= 4 is 11.9 Å². The van der Waals surface area contributed by atoms with Gasteiger partial charge in [-0.15, -0.1) is 0 Å². The second-order valence-electron chi connectivity index (χ2n) is 5.68. The van der Waals surface area contributed by atoms with Crippen molar-refractivity contribution in [2.45, 2.75) is 52.2 Å². The smallest absolute Gasteiger partial charge is 0.311 e. The first-order valence-corrected chi connectivity index (χ1v) is 5.79. The third-order valence-electron chi connectivity index (χ3n) is 3.20. The Hall–Kier alpha value is -1.06. The molecule has 1 heterocycles. The Morgan fingerprint density at radius 1 is 1.38 bits per heavy atom. The van der Waals surface area contributed by atoms with Gasteiger partial charge in [0.05, 0.1) is 11.3 Å². The molecular formula is C12H18O4. The van der Waals surface area contributed by atoms with Crippen LogP contribution in [0.2, 0.25) is 0 Å². The Kier molecular flexibility index (Phi) is 2.68. The summed E-state index contributed by atoms with van der Waals surface area (Å²) in [5.41, 5.74) is -0.501. The molecule has 0 amide bonds. The van der Waals surface area contributed by atoms with Gasteiger partial charge in [0, 0.05) is 6.42 Å². The molecule has 0 radical (unpaired) electrons. The van der Waals surface area contributed by atoms with Gasteiger partial charge in [0.2, 0.25) is 0 Å². The standard InChI is InChI=1S/C12H18O4/c1-12(2,3)11(14)16-8-5-4-7-6-9(8)15-10(7)13/h7-9H,4-6H2,1-3H3. The van der Waals surface area contributed by atoms with E-state index in [0.717, 1.165) is 12.8 Å². The zero-order valence-corrected chi connectivity index (χ0v) is 9.99. The molecule has 0 aromatic carbocycles. The minimum absolute atomic E-state index is 0.0367. The highest BCUT2D eigenvalue weighted by atomic mass is 16.6. The van der Waals surface area contributed by atoms with Crippen LogP contribution in [0.25, 0.3) is 0 Å². The molecule has 0 spiro atoms. The molecule has 4 heteroatoms. The quantitative estimate of drug-likeness (QED) is 0.638. The second-order valence-corrected chi connectivity index (χ2v) is 5.68. The van der Waals surface area contributed by atoms with E-state index in [-0.39, 0.29) is 30.1 Å². The fourth-order valence-electron chi connectivity index (χ4n) is 2.13. The van der Waals surface area contributed by atoms with Gasteiger partial charge in [0.1, 0.15) is 12.2 Å². The Morgan fingerprint density at radius 2 is 2.06 bits per heavy atom. The fourth-order valence-corrected chi connectivity index (χ4v) is 2.13. The molecule has 2 rings (SSSR count). The monoisotopic (exact) mass is 226 g/mol. The van der Waals surface area contributed by atoms with Crippen molar-refractivity contribution in [3.8, 4) is 0 Å². The lowest BCUT2D eigenvalue weighted by atomic mass is 9.88. The highest BCUT2D eigenvalue weighted by Gasteiger charge is 2.45. The minimum atomic E-state index is -0.501. The third kappa shape index (κ3) is 2.06. The largest absolute Gasteiger partial charge is 0.458 e. The molecule has 0 N–H and O–H groups in total. The van der Waals surface area contributed by atoms with E-state index in [9.17, 15) is 9.59 Å². The topological polar surface area (TPSA) is 52.6 Å². The van der Waals surface area contributed by atoms with Gasteiger partial charge in [0.15, 0.2) is 0 Å². The van der Waals surface area contributed by atoms with Crippen LogP contribution in [0.15, 0.2) is 0 Å². The molecule has 2 fully saturated rings. The average molecular weight is 226 g/mol. The predicted octanol–water partition coefficient (Wildman–Crippen LogP) is 1.67. The Bertz CT molecular complexity index is 315. The normalized spacial score (nSPS) is 33.4. The number of fused-ring (bicyclic) bond motifs is 2. The third-order valence-corrected chi connectivity index (χ3v) is 3.20. The van der Waals surface area contributed by atoms with Gasteiger partial charge in [-0.25, -0.2) is 0 Å². The molecule has 0 aromatic rings. The summed E-state index contributed by atoms with van der Waals surface area (Å²) in [6, 6.07) is 0. The van der Waals surface area contributed by atoms with Crippen molar-refractivity contribution in [2.24, 2.45) is 11.3 Å². The molecule has 0 aromatic heterocycles. The molecular weight excluding hydrogens is 208 g/mol. The molecule has 3 unspecified atom stereocenters. The number of hydrogen-bond acceptors (Lipinski definition) is 4. The summed E-state index contributed by atoms with van der Waals surface area (Å²) in [5, 5.41) is 0. The average Bonchev–Trinajstić information content (AvgIpc) is 2.46. The van der Waals surface area contributed by atoms with Crippen molar-refractivity contribution in [3.63, 3.8) is 0 Å². The molecule has 1 aliphatic carbocycles. The maximum atomic E-state index is 11.7. The summed E-state index contributed by atoms with van der Waals surface area (Å²) in [6.45, 7) is 5.46. The predicted molar refractivity (Wildman–Crippen MR) is 56.6 cm³/mol. The lowest BCUT2D eigenvalue weighted by molar-refractivity contribution is -0.168. The molecule has 3 atom stereocenters. The highest BCUT2D eigenvalue weighted by molar-refractivity contribution is 5.77. The van der Waals surface area contributed by atoms with Crippen LogP contribution in [0.5, 0.6) is 0 Å². The number of carbonyl (C=O) groups excluding carboxylic acids is 2. The van der Waals surface area contributed by atoms with Crippen molar-refractivity contribution in [2.75, 3.05) is 0 Å². The molecule has 90 valence electrons. The van der Waals surface area contributed by atoms with Crippen molar-refractivity contribution in [1.29, 1.82) is 0 Å². The van der Waals surface area contributed by atoms with Gasteiger partial charge in [0.25, 0.3) is 0 Å². The van der Waals surface area contributed by atoms with Crippen molar-refractivity contribution in [3.05, 3.63) is 0 Å². The van der Waals surface area contributed by atoms with E-state index in [1.807, 2.05) is 20.8 Å². The van der Waals surface area contributed by atoms with Crippen LogP contribution in [0.1, 0.15) is 40.0 Å². The van der Waals surface area contributed by atoms with Crippen LogP contribution < -0.4 is 0 Å². The zero-order chi connectivity index (χ0) is 11.9. The minimum Gasteiger partial charge on any atom is -0.458 e. The fraction of sp³-hybridized carbons (Fsp3) is 0.833. The van der Waals surface area contributed by atoms with Gasteiger partial charge in [-0.1, -0.05) is 0 Å². The van der Waals surface area contributed by atoms with Crippen LogP contribution >= 0.6 is 0 Å². The van der Waals surface area contributed by atoms with E-state index in [4.69, 9.17) is 9.47 Å². The summed E-state index contributed by atoms with van der Waals surface area (Å²) < 4.78 is 10.6. The molecule has 1 aliphatic heterocycles. The molecule has 1 saturated heterocycles. The van der Waals surface area contributed by atoms with Crippen molar-refractivity contribution < 1.29 is 19.1 Å². The summed E-state index contributed by atoms with van der Waals surface area (Å²) >= 11 is 0. The van der Waals surface area contributed by atoms with Crippen LogP contribution in [-0.4, -0.2) is 24.1 Å². The summed E-state index contributed by atoms with van der Waals surface area (Å²) in [7, 11) is 0. The lowest BCUT2D eigenvalue weighted by Gasteiger charge is -2.28. The molecule has 16 heavy (non-hydrogen) atoms. The van der Waals surface area contributed by atoms with E-state index in [1.54, 1.807) is 0 Å². The first-order chi connectivity index (χ1) is 7.38. The zero-order valence-electron chi connectivity index (χ0n) is 9.99. The van der Waals surface area contributed by atoms with E-state index < -0.39 is 5.41 Å². The van der Waals surface area contributed by atoms with Crippen LogP contribution in [0, 0.1) is 11.3 Å². The van der Waals surface area contributed by atoms with Gasteiger partial charge in [-0.3, -0.25) is 9.59 Å². The van der Waals surface area contributed by atoms with E-state index in [2.05, 4.69) is 0 Å². The van der Waals surface area contributed by atoms with E-state index >= 15 is 0 Å². The lowest BCUT2D eigenvalue weighted by Crippen LogP contribution is -2.37. The summed E-state index contributed by atoms with van der Waals surface area (Å²) in [6.07, 6.45) is 1.77. The Balaban J connectivity index is 1.97. The van der Waals surface area contributed by atoms with E-state index in [1.165, 1.54) is 0 Å². The van der Waals surface area contributed by atoms with Gasteiger partial charge < -0.3 is 9.47 Å².